The maximum atomic E-state index is 13.1. The van der Waals surface area contributed by atoms with E-state index in [-0.39, 0.29) is 11.8 Å². The number of benzene rings is 1. The van der Waals surface area contributed by atoms with Gasteiger partial charge in [0.15, 0.2) is 0 Å². The molecule has 32 heavy (non-hydrogen) atoms. The fourth-order valence-corrected chi connectivity index (χ4v) is 5.00. The summed E-state index contributed by atoms with van der Waals surface area (Å²) in [5.74, 6) is 0.284. The van der Waals surface area contributed by atoms with E-state index < -0.39 is 0 Å². The zero-order chi connectivity index (χ0) is 22.7. The molecule has 4 rings (SSSR count). The maximum Gasteiger partial charge on any atom is 0.229 e. The SMILES string of the molecule is CCCc1[nH]nc(-c2cc3ccc(N(C)C(=O)C4CCC(OC)CC4)cc3[nH]2)c1CCC. The predicted molar refractivity (Wildman–Crippen MR) is 130 cm³/mol. The Kier molecular flexibility index (Phi) is 6.99. The van der Waals surface area contributed by atoms with Crippen LogP contribution >= 0.6 is 0 Å². The molecule has 2 N–H and O–H groups in total. The standard InChI is InChI=1S/C26H36N4O2/c1-5-7-21-22(8-6-2)28-29-25(21)24-15-18-9-12-19(16-23(18)27-24)30(3)26(31)17-10-13-20(32-4)14-11-17/h9,12,15-17,20,27H,5-8,10-11,13-14H2,1-4H3,(H,28,29). The van der Waals surface area contributed by atoms with Crippen molar-refractivity contribution in [2.24, 2.45) is 5.92 Å². The number of aromatic nitrogens is 3. The van der Waals surface area contributed by atoms with Gasteiger partial charge in [-0.15, -0.1) is 0 Å². The second kappa shape index (κ2) is 9.90. The zero-order valence-electron chi connectivity index (χ0n) is 19.8. The van der Waals surface area contributed by atoms with Gasteiger partial charge >= 0.3 is 0 Å². The first-order valence-corrected chi connectivity index (χ1v) is 12.0. The van der Waals surface area contributed by atoms with E-state index in [1.54, 1.807) is 7.11 Å². The molecule has 0 saturated heterocycles. The van der Waals surface area contributed by atoms with Crippen LogP contribution in [0.25, 0.3) is 22.3 Å². The molecule has 2 aromatic heterocycles. The highest BCUT2D eigenvalue weighted by Gasteiger charge is 2.28. The summed E-state index contributed by atoms with van der Waals surface area (Å²) in [7, 11) is 3.65. The molecular formula is C26H36N4O2. The second-order valence-electron chi connectivity index (χ2n) is 9.09. The number of fused-ring (bicyclic) bond motifs is 1. The molecule has 172 valence electrons. The van der Waals surface area contributed by atoms with Crippen molar-refractivity contribution >= 4 is 22.5 Å². The minimum atomic E-state index is 0.0824. The zero-order valence-corrected chi connectivity index (χ0v) is 19.8. The van der Waals surface area contributed by atoms with E-state index in [4.69, 9.17) is 4.74 Å². The van der Waals surface area contributed by atoms with Crippen molar-refractivity contribution in [1.82, 2.24) is 15.2 Å². The third kappa shape index (κ3) is 4.46. The number of anilines is 1. The Bertz CT molecular complexity index is 1060. The minimum Gasteiger partial charge on any atom is -0.381 e. The van der Waals surface area contributed by atoms with Crippen LogP contribution in [0, 0.1) is 5.92 Å². The summed E-state index contributed by atoms with van der Waals surface area (Å²) in [5, 5.41) is 9.04. The Hall–Kier alpha value is -2.60. The first kappa shape index (κ1) is 22.6. The van der Waals surface area contributed by atoms with Crippen molar-refractivity contribution in [3.63, 3.8) is 0 Å². The second-order valence-corrected chi connectivity index (χ2v) is 9.09. The topological polar surface area (TPSA) is 74.0 Å². The molecule has 0 radical (unpaired) electrons. The van der Waals surface area contributed by atoms with Gasteiger partial charge in [0, 0.05) is 47.9 Å². The number of methoxy groups -OCH3 is 1. The summed E-state index contributed by atoms with van der Waals surface area (Å²) in [5.41, 5.74) is 6.57. The highest BCUT2D eigenvalue weighted by molar-refractivity contribution is 5.97. The van der Waals surface area contributed by atoms with E-state index in [2.05, 4.69) is 47.2 Å². The van der Waals surface area contributed by atoms with Gasteiger partial charge < -0.3 is 14.6 Å². The van der Waals surface area contributed by atoms with E-state index in [1.165, 1.54) is 11.3 Å². The number of aryl methyl sites for hydroxylation is 1. The number of aromatic amines is 2. The number of hydrogen-bond acceptors (Lipinski definition) is 3. The van der Waals surface area contributed by atoms with Crippen LogP contribution in [0.4, 0.5) is 5.69 Å². The molecule has 0 atom stereocenters. The molecule has 1 fully saturated rings. The van der Waals surface area contributed by atoms with Crippen molar-refractivity contribution in [3.8, 4) is 11.4 Å². The lowest BCUT2D eigenvalue weighted by atomic mass is 9.86. The number of nitrogens with zero attached hydrogens (tertiary/aromatic N) is 2. The summed E-state index contributed by atoms with van der Waals surface area (Å²) in [6.45, 7) is 4.40. The minimum absolute atomic E-state index is 0.0824. The van der Waals surface area contributed by atoms with Gasteiger partial charge in [-0.1, -0.05) is 32.8 Å². The Morgan fingerprint density at radius 3 is 2.56 bits per heavy atom. The van der Waals surface area contributed by atoms with Gasteiger partial charge in [0.25, 0.3) is 0 Å². The van der Waals surface area contributed by atoms with Crippen molar-refractivity contribution in [2.75, 3.05) is 19.1 Å². The highest BCUT2D eigenvalue weighted by atomic mass is 16.5. The number of carbonyl (C=O) groups is 1. The molecular weight excluding hydrogens is 400 g/mol. The molecule has 3 aromatic rings. The van der Waals surface area contributed by atoms with Crippen molar-refractivity contribution < 1.29 is 9.53 Å². The van der Waals surface area contributed by atoms with Crippen LogP contribution in [0.1, 0.15) is 63.6 Å². The lowest BCUT2D eigenvalue weighted by molar-refractivity contribution is -0.123. The summed E-state index contributed by atoms with van der Waals surface area (Å²) in [4.78, 5) is 18.5. The van der Waals surface area contributed by atoms with Crippen LogP contribution in [0.15, 0.2) is 24.3 Å². The number of amides is 1. The average molecular weight is 437 g/mol. The number of nitrogens with one attached hydrogen (secondary N) is 2. The Morgan fingerprint density at radius 2 is 1.88 bits per heavy atom. The quantitative estimate of drug-likeness (QED) is 0.480. The number of hydrogen-bond donors (Lipinski definition) is 2. The molecule has 0 spiro atoms. The van der Waals surface area contributed by atoms with Gasteiger partial charge in [-0.3, -0.25) is 9.89 Å². The summed E-state index contributed by atoms with van der Waals surface area (Å²) >= 11 is 0. The smallest absolute Gasteiger partial charge is 0.229 e. The van der Waals surface area contributed by atoms with Gasteiger partial charge in [0.05, 0.1) is 11.8 Å². The molecule has 1 aromatic carbocycles. The Balaban J connectivity index is 1.56. The van der Waals surface area contributed by atoms with Crippen molar-refractivity contribution in [1.29, 1.82) is 0 Å². The third-order valence-corrected chi connectivity index (χ3v) is 6.89. The monoisotopic (exact) mass is 436 g/mol. The third-order valence-electron chi connectivity index (χ3n) is 6.89. The normalized spacial score (nSPS) is 18.9. The molecule has 1 aliphatic rings. The van der Waals surface area contributed by atoms with E-state index >= 15 is 0 Å². The molecule has 1 aliphatic carbocycles. The van der Waals surface area contributed by atoms with Gasteiger partial charge in [-0.25, -0.2) is 0 Å². The van der Waals surface area contributed by atoms with Crippen LogP contribution in [-0.4, -0.2) is 41.3 Å². The lowest BCUT2D eigenvalue weighted by Crippen LogP contribution is -2.36. The number of H-pyrrole nitrogens is 2. The van der Waals surface area contributed by atoms with Crippen molar-refractivity contribution in [2.45, 2.75) is 71.3 Å². The summed E-state index contributed by atoms with van der Waals surface area (Å²) in [6.07, 6.45) is 8.25. The molecule has 0 bridgehead atoms. The van der Waals surface area contributed by atoms with Crippen LogP contribution in [0.3, 0.4) is 0 Å². The van der Waals surface area contributed by atoms with E-state index in [1.807, 2.05) is 18.0 Å². The first-order chi connectivity index (χ1) is 15.5. The van der Waals surface area contributed by atoms with Crippen LogP contribution < -0.4 is 4.90 Å². The van der Waals surface area contributed by atoms with Crippen LogP contribution in [0.2, 0.25) is 0 Å². The van der Waals surface area contributed by atoms with Gasteiger partial charge in [-0.05, 0) is 56.7 Å². The number of carbonyl (C=O) groups excluding carboxylic acids is 1. The molecule has 6 heteroatoms. The van der Waals surface area contributed by atoms with Gasteiger partial charge in [0.1, 0.15) is 5.69 Å². The largest absolute Gasteiger partial charge is 0.381 e. The molecule has 6 nitrogen and oxygen atoms in total. The van der Waals surface area contributed by atoms with Gasteiger partial charge in [0.2, 0.25) is 5.91 Å². The lowest BCUT2D eigenvalue weighted by Gasteiger charge is -2.30. The number of ether oxygens (including phenoxy) is 1. The molecule has 1 amide bonds. The fraction of sp³-hybridized carbons (Fsp3) is 0.538. The van der Waals surface area contributed by atoms with Crippen molar-refractivity contribution in [3.05, 3.63) is 35.5 Å². The van der Waals surface area contributed by atoms with Gasteiger partial charge in [-0.2, -0.15) is 5.10 Å². The van der Waals surface area contributed by atoms with E-state index in [0.29, 0.717) is 6.10 Å². The number of rotatable bonds is 8. The molecule has 1 saturated carbocycles. The summed E-state index contributed by atoms with van der Waals surface area (Å²) in [6, 6.07) is 8.38. The highest BCUT2D eigenvalue weighted by Crippen LogP contribution is 2.32. The molecule has 0 unspecified atom stereocenters. The predicted octanol–water partition coefficient (Wildman–Crippen LogP) is 5.63. The molecule has 0 aliphatic heterocycles. The average Bonchev–Trinajstić information content (AvgIpc) is 3.42. The molecule has 2 heterocycles. The Labute approximate surface area is 190 Å². The van der Waals surface area contributed by atoms with Crippen LogP contribution in [0.5, 0.6) is 0 Å². The van der Waals surface area contributed by atoms with E-state index in [0.717, 1.165) is 79.3 Å². The van der Waals surface area contributed by atoms with Crippen LogP contribution in [-0.2, 0) is 22.4 Å². The first-order valence-electron chi connectivity index (χ1n) is 12.0. The summed E-state index contributed by atoms with van der Waals surface area (Å²) < 4.78 is 5.45. The maximum absolute atomic E-state index is 13.1. The van der Waals surface area contributed by atoms with E-state index in [9.17, 15) is 4.79 Å². The fourth-order valence-electron chi connectivity index (χ4n) is 5.00. The Morgan fingerprint density at radius 1 is 1.12 bits per heavy atom.